The Balaban J connectivity index is 2.50. The van der Waals surface area contributed by atoms with Crippen molar-refractivity contribution in [3.05, 3.63) is 21.4 Å². The Kier molecular flexibility index (Phi) is 1.86. The van der Waals surface area contributed by atoms with Crippen LogP contribution in [-0.4, -0.2) is 4.98 Å². The van der Waals surface area contributed by atoms with E-state index in [2.05, 4.69) is 4.98 Å². The number of hydrogen-bond donors (Lipinski definition) is 1. The Morgan fingerprint density at radius 3 is 2.55 bits per heavy atom. The fourth-order valence-electron chi connectivity index (χ4n) is 1.61. The van der Waals surface area contributed by atoms with Crippen LogP contribution in [0, 0.1) is 0 Å². The number of aromatic nitrogens is 1. The lowest BCUT2D eigenvalue weighted by atomic mass is 9.98. The smallest absolute Gasteiger partial charge is 0.125 e. The monoisotopic (exact) mass is 189 g/mol. The molecule has 0 radical (unpaired) electrons. The van der Waals surface area contributed by atoms with E-state index in [0.29, 0.717) is 5.15 Å². The van der Waals surface area contributed by atoms with Crippen LogP contribution in [0.1, 0.15) is 24.1 Å². The first kappa shape index (κ1) is 7.51. The fourth-order valence-corrected chi connectivity index (χ4v) is 2.09. The summed E-state index contributed by atoms with van der Waals surface area (Å²) < 4.78 is 0. The molecule has 1 nitrogen and oxygen atoms in total. The van der Waals surface area contributed by atoms with E-state index in [-0.39, 0.29) is 0 Å². The lowest BCUT2D eigenvalue weighted by Crippen LogP contribution is -2.00. The zero-order valence-corrected chi connectivity index (χ0v) is 7.60. The van der Waals surface area contributed by atoms with Gasteiger partial charge in [-0.25, -0.2) is 0 Å². The first-order valence-electron chi connectivity index (χ1n) is 3.84. The number of hydrogen-bond acceptors (Lipinski definition) is 0. The molecule has 2 rings (SSSR count). The highest BCUT2D eigenvalue weighted by atomic mass is 35.5. The van der Waals surface area contributed by atoms with E-state index in [0.717, 1.165) is 17.9 Å². The normalized spacial score (nSPS) is 16.5. The Morgan fingerprint density at radius 2 is 1.82 bits per heavy atom. The Bertz CT molecular complexity index is 278. The van der Waals surface area contributed by atoms with Crippen LogP contribution >= 0.6 is 23.2 Å². The van der Waals surface area contributed by atoms with Crippen LogP contribution in [0.3, 0.4) is 0 Å². The first-order valence-corrected chi connectivity index (χ1v) is 4.59. The maximum Gasteiger partial charge on any atom is 0.125 e. The summed E-state index contributed by atoms with van der Waals surface area (Å²) in [4.78, 5) is 3.10. The third-order valence-corrected chi connectivity index (χ3v) is 2.98. The topological polar surface area (TPSA) is 15.8 Å². The van der Waals surface area contributed by atoms with Gasteiger partial charge in [0.15, 0.2) is 0 Å². The highest BCUT2D eigenvalue weighted by molar-refractivity contribution is 6.42. The van der Waals surface area contributed by atoms with Crippen molar-refractivity contribution in [3.8, 4) is 0 Å². The molecule has 0 amide bonds. The second kappa shape index (κ2) is 2.72. The molecule has 1 heterocycles. The quantitative estimate of drug-likeness (QED) is 0.646. The van der Waals surface area contributed by atoms with Gasteiger partial charge >= 0.3 is 0 Å². The second-order valence-corrected chi connectivity index (χ2v) is 3.67. The van der Waals surface area contributed by atoms with Gasteiger partial charge in [0.2, 0.25) is 0 Å². The van der Waals surface area contributed by atoms with Crippen LogP contribution in [0.2, 0.25) is 10.2 Å². The van der Waals surface area contributed by atoms with Crippen molar-refractivity contribution >= 4 is 23.2 Å². The molecule has 0 bridgehead atoms. The van der Waals surface area contributed by atoms with Gasteiger partial charge in [-0.1, -0.05) is 23.2 Å². The van der Waals surface area contributed by atoms with Crippen molar-refractivity contribution in [1.29, 1.82) is 0 Å². The molecule has 1 aromatic heterocycles. The maximum absolute atomic E-state index is 5.96. The molecule has 0 aromatic carbocycles. The summed E-state index contributed by atoms with van der Waals surface area (Å²) in [5, 5.41) is 1.35. The van der Waals surface area contributed by atoms with E-state index in [1.165, 1.54) is 24.1 Å². The van der Waals surface area contributed by atoms with Crippen molar-refractivity contribution in [1.82, 2.24) is 4.98 Å². The molecular formula is C8H9Cl2N. The molecule has 0 unspecified atom stereocenters. The summed E-state index contributed by atoms with van der Waals surface area (Å²) in [6.07, 6.45) is 4.67. The molecule has 1 N–H and O–H groups in total. The van der Waals surface area contributed by atoms with Gasteiger partial charge in [0.1, 0.15) is 5.15 Å². The van der Waals surface area contributed by atoms with Crippen LogP contribution in [0.4, 0.5) is 0 Å². The molecule has 11 heavy (non-hydrogen) atoms. The molecule has 0 spiro atoms. The predicted octanol–water partition coefficient (Wildman–Crippen LogP) is 3.20. The largest absolute Gasteiger partial charge is 0.348 e. The van der Waals surface area contributed by atoms with Gasteiger partial charge in [-0.2, -0.15) is 0 Å². The molecule has 1 aliphatic carbocycles. The summed E-state index contributed by atoms with van der Waals surface area (Å²) in [7, 11) is 0. The second-order valence-electron chi connectivity index (χ2n) is 2.92. The van der Waals surface area contributed by atoms with Crippen LogP contribution in [0.5, 0.6) is 0 Å². The lowest BCUT2D eigenvalue weighted by molar-refractivity contribution is 0.677. The molecule has 0 atom stereocenters. The van der Waals surface area contributed by atoms with Gasteiger partial charge in [-0.3, -0.25) is 0 Å². The number of aromatic amines is 1. The average molecular weight is 190 g/mol. The van der Waals surface area contributed by atoms with Gasteiger partial charge in [-0.05, 0) is 31.2 Å². The Hall–Kier alpha value is -0.140. The first-order chi connectivity index (χ1) is 5.29. The number of fused-ring (bicyclic) bond motifs is 1. The van der Waals surface area contributed by atoms with Gasteiger partial charge in [0.25, 0.3) is 0 Å². The van der Waals surface area contributed by atoms with E-state index in [1.54, 1.807) is 0 Å². The molecule has 0 aliphatic heterocycles. The molecule has 1 aromatic rings. The van der Waals surface area contributed by atoms with Crippen LogP contribution < -0.4 is 0 Å². The van der Waals surface area contributed by atoms with Crippen LogP contribution in [0.25, 0.3) is 0 Å². The van der Waals surface area contributed by atoms with E-state index >= 15 is 0 Å². The number of aryl methyl sites for hydroxylation is 1. The number of halogens is 2. The van der Waals surface area contributed by atoms with Crippen molar-refractivity contribution in [2.24, 2.45) is 0 Å². The minimum Gasteiger partial charge on any atom is -0.348 e. The highest BCUT2D eigenvalue weighted by Crippen LogP contribution is 2.33. The van der Waals surface area contributed by atoms with Crippen LogP contribution in [0.15, 0.2) is 0 Å². The van der Waals surface area contributed by atoms with Crippen molar-refractivity contribution < 1.29 is 0 Å². The van der Waals surface area contributed by atoms with E-state index < -0.39 is 0 Å². The summed E-state index contributed by atoms with van der Waals surface area (Å²) >= 11 is 11.8. The number of rotatable bonds is 0. The molecule has 0 saturated heterocycles. The van der Waals surface area contributed by atoms with Gasteiger partial charge in [-0.15, -0.1) is 0 Å². The van der Waals surface area contributed by atoms with Gasteiger partial charge in [0.05, 0.1) is 5.02 Å². The van der Waals surface area contributed by atoms with E-state index in [4.69, 9.17) is 23.2 Å². The summed E-state index contributed by atoms with van der Waals surface area (Å²) in [6, 6.07) is 0. The summed E-state index contributed by atoms with van der Waals surface area (Å²) in [5.74, 6) is 0. The molecule has 0 fully saturated rings. The average Bonchev–Trinajstić information content (AvgIpc) is 2.30. The van der Waals surface area contributed by atoms with Gasteiger partial charge in [0, 0.05) is 5.69 Å². The van der Waals surface area contributed by atoms with E-state index in [1.807, 2.05) is 0 Å². The molecule has 1 aliphatic rings. The number of nitrogens with one attached hydrogen (secondary N) is 1. The Labute approximate surface area is 75.7 Å². The molecule has 60 valence electrons. The molecule has 3 heteroatoms. The van der Waals surface area contributed by atoms with Crippen LogP contribution in [-0.2, 0) is 12.8 Å². The minimum atomic E-state index is 0.610. The Morgan fingerprint density at radius 1 is 1.09 bits per heavy atom. The maximum atomic E-state index is 5.96. The molecular weight excluding hydrogens is 181 g/mol. The lowest BCUT2D eigenvalue weighted by Gasteiger charge is -2.09. The van der Waals surface area contributed by atoms with Crippen molar-refractivity contribution in [3.63, 3.8) is 0 Å². The summed E-state index contributed by atoms with van der Waals surface area (Å²) in [6.45, 7) is 0. The standard InChI is InChI=1S/C8H9Cl2N/c9-7-5-3-1-2-4-6(5)11-8(7)10/h11H,1-4H2. The fraction of sp³-hybridized carbons (Fsp3) is 0.500. The minimum absolute atomic E-state index is 0.610. The zero-order valence-electron chi connectivity index (χ0n) is 6.08. The third kappa shape index (κ3) is 1.17. The predicted molar refractivity (Wildman–Crippen MR) is 47.5 cm³/mol. The van der Waals surface area contributed by atoms with E-state index in [9.17, 15) is 0 Å². The molecule has 0 saturated carbocycles. The third-order valence-electron chi connectivity index (χ3n) is 2.19. The number of H-pyrrole nitrogens is 1. The van der Waals surface area contributed by atoms with Crippen molar-refractivity contribution in [2.45, 2.75) is 25.7 Å². The van der Waals surface area contributed by atoms with Crippen molar-refractivity contribution in [2.75, 3.05) is 0 Å². The summed E-state index contributed by atoms with van der Waals surface area (Å²) in [5.41, 5.74) is 2.48. The highest BCUT2D eigenvalue weighted by Gasteiger charge is 2.17. The van der Waals surface area contributed by atoms with Gasteiger partial charge < -0.3 is 4.98 Å². The SMILES string of the molecule is Clc1[nH]c2c(c1Cl)CCCC2. The zero-order chi connectivity index (χ0) is 7.84.